The van der Waals surface area contributed by atoms with Crippen LogP contribution in [0.1, 0.15) is 15.9 Å². The van der Waals surface area contributed by atoms with Gasteiger partial charge in [0.05, 0.1) is 17.2 Å². The second-order valence-corrected chi connectivity index (χ2v) is 5.33. The Kier molecular flexibility index (Phi) is 4.72. The third-order valence-electron chi connectivity index (χ3n) is 3.54. The highest BCUT2D eigenvalue weighted by atomic mass is 19.1. The number of halogens is 1. The molecule has 0 saturated heterocycles. The Morgan fingerprint density at radius 1 is 0.880 bits per heavy atom. The van der Waals surface area contributed by atoms with Crippen LogP contribution in [0.3, 0.4) is 0 Å². The average Bonchev–Trinajstić information content (AvgIpc) is 2.64. The maximum atomic E-state index is 13.6. The molecule has 0 bridgehead atoms. The molecule has 0 aliphatic carbocycles. The molecule has 0 atom stereocenters. The van der Waals surface area contributed by atoms with Crippen molar-refractivity contribution in [3.63, 3.8) is 0 Å². The number of nitriles is 1. The molecule has 0 aliphatic rings. The van der Waals surface area contributed by atoms with Gasteiger partial charge < -0.3 is 10.6 Å². The summed E-state index contributed by atoms with van der Waals surface area (Å²) in [7, 11) is 0. The first-order valence-electron chi connectivity index (χ1n) is 7.59. The first-order chi connectivity index (χ1) is 12.2. The molecule has 0 saturated carbocycles. The van der Waals surface area contributed by atoms with E-state index in [0.29, 0.717) is 11.3 Å². The lowest BCUT2D eigenvalue weighted by atomic mass is 10.2. The molecule has 3 aromatic carbocycles. The van der Waals surface area contributed by atoms with E-state index >= 15 is 0 Å². The molecular weight excluding hydrogens is 317 g/mol. The Morgan fingerprint density at radius 2 is 1.60 bits per heavy atom. The molecule has 4 nitrogen and oxygen atoms in total. The molecule has 3 aromatic rings. The Balaban J connectivity index is 1.69. The van der Waals surface area contributed by atoms with Crippen LogP contribution in [-0.2, 0) is 0 Å². The maximum absolute atomic E-state index is 13.6. The van der Waals surface area contributed by atoms with Crippen molar-refractivity contribution < 1.29 is 9.18 Å². The molecular formula is C20H14FN3O. The van der Waals surface area contributed by atoms with E-state index in [-0.39, 0.29) is 5.56 Å². The molecule has 0 heterocycles. The van der Waals surface area contributed by atoms with Crippen molar-refractivity contribution in [3.05, 3.63) is 89.7 Å². The van der Waals surface area contributed by atoms with Crippen molar-refractivity contribution in [2.45, 2.75) is 0 Å². The molecule has 0 aliphatic heterocycles. The predicted molar refractivity (Wildman–Crippen MR) is 95.2 cm³/mol. The van der Waals surface area contributed by atoms with Gasteiger partial charge in [0.2, 0.25) is 0 Å². The molecule has 2 N–H and O–H groups in total. The first kappa shape index (κ1) is 16.2. The van der Waals surface area contributed by atoms with E-state index in [1.807, 2.05) is 6.07 Å². The number of carbonyl (C=O) groups is 1. The zero-order valence-corrected chi connectivity index (χ0v) is 13.2. The van der Waals surface area contributed by atoms with Gasteiger partial charge in [-0.05, 0) is 54.6 Å². The summed E-state index contributed by atoms with van der Waals surface area (Å²) in [5.41, 5.74) is 2.72. The number of carbonyl (C=O) groups excluding carboxylic acids is 1. The molecule has 0 radical (unpaired) electrons. The Bertz CT molecular complexity index is 946. The largest absolute Gasteiger partial charge is 0.355 e. The molecule has 0 unspecified atom stereocenters. The second-order valence-electron chi connectivity index (χ2n) is 5.33. The summed E-state index contributed by atoms with van der Waals surface area (Å²) < 4.78 is 13.6. The van der Waals surface area contributed by atoms with E-state index in [1.165, 1.54) is 18.2 Å². The average molecular weight is 331 g/mol. The standard InChI is InChI=1S/C20H14FN3O/c21-19-7-2-1-6-18(19)20(25)24-16-10-8-15(9-11-16)23-17-5-3-4-14(12-17)13-22/h1-12,23H,(H,24,25). The normalized spacial score (nSPS) is 9.92. The highest BCUT2D eigenvalue weighted by Gasteiger charge is 2.10. The van der Waals surface area contributed by atoms with Crippen LogP contribution in [0.15, 0.2) is 72.8 Å². The number of nitrogens with zero attached hydrogens (tertiary/aromatic N) is 1. The number of anilines is 3. The van der Waals surface area contributed by atoms with Crippen molar-refractivity contribution in [2.24, 2.45) is 0 Å². The molecule has 0 fully saturated rings. The number of rotatable bonds is 4. The fourth-order valence-electron chi connectivity index (χ4n) is 2.31. The van der Waals surface area contributed by atoms with Gasteiger partial charge in [0, 0.05) is 17.1 Å². The van der Waals surface area contributed by atoms with Crippen molar-refractivity contribution in [1.82, 2.24) is 0 Å². The molecule has 25 heavy (non-hydrogen) atoms. The number of hydrogen-bond donors (Lipinski definition) is 2. The van der Waals surface area contributed by atoms with E-state index in [0.717, 1.165) is 11.4 Å². The Hall–Kier alpha value is -3.65. The second kappa shape index (κ2) is 7.28. The van der Waals surface area contributed by atoms with Crippen LogP contribution < -0.4 is 10.6 Å². The summed E-state index contributed by atoms with van der Waals surface area (Å²) in [5.74, 6) is -1.06. The fraction of sp³-hybridized carbons (Fsp3) is 0. The quantitative estimate of drug-likeness (QED) is 0.729. The summed E-state index contributed by atoms with van der Waals surface area (Å²) in [6, 6.07) is 22.0. The lowest BCUT2D eigenvalue weighted by Gasteiger charge is -2.09. The highest BCUT2D eigenvalue weighted by Crippen LogP contribution is 2.20. The maximum Gasteiger partial charge on any atom is 0.258 e. The minimum Gasteiger partial charge on any atom is -0.355 e. The van der Waals surface area contributed by atoms with Gasteiger partial charge in [-0.25, -0.2) is 4.39 Å². The van der Waals surface area contributed by atoms with Crippen molar-refractivity contribution in [1.29, 1.82) is 5.26 Å². The van der Waals surface area contributed by atoms with E-state index in [1.54, 1.807) is 48.5 Å². The van der Waals surface area contributed by atoms with Crippen LogP contribution >= 0.6 is 0 Å². The van der Waals surface area contributed by atoms with Crippen LogP contribution in [0, 0.1) is 17.1 Å². The number of hydrogen-bond acceptors (Lipinski definition) is 3. The molecule has 5 heteroatoms. The third-order valence-corrected chi connectivity index (χ3v) is 3.54. The summed E-state index contributed by atoms with van der Waals surface area (Å²) in [5, 5.41) is 14.8. The number of amides is 1. The van der Waals surface area contributed by atoms with E-state index in [4.69, 9.17) is 5.26 Å². The minimum atomic E-state index is -0.560. The highest BCUT2D eigenvalue weighted by molar-refractivity contribution is 6.04. The van der Waals surface area contributed by atoms with Gasteiger partial charge in [0.25, 0.3) is 5.91 Å². The lowest BCUT2D eigenvalue weighted by Crippen LogP contribution is -2.13. The third kappa shape index (κ3) is 4.01. The lowest BCUT2D eigenvalue weighted by molar-refractivity contribution is 0.102. The van der Waals surface area contributed by atoms with Crippen LogP contribution in [-0.4, -0.2) is 5.91 Å². The number of nitrogens with one attached hydrogen (secondary N) is 2. The summed E-state index contributed by atoms with van der Waals surface area (Å²) in [6.45, 7) is 0. The topological polar surface area (TPSA) is 64.9 Å². The first-order valence-corrected chi connectivity index (χ1v) is 7.59. The van der Waals surface area contributed by atoms with Crippen LogP contribution in [0.4, 0.5) is 21.5 Å². The van der Waals surface area contributed by atoms with Crippen molar-refractivity contribution in [3.8, 4) is 6.07 Å². The van der Waals surface area contributed by atoms with Gasteiger partial charge in [0.15, 0.2) is 0 Å². The zero-order chi connectivity index (χ0) is 17.6. The summed E-state index contributed by atoms with van der Waals surface area (Å²) in [6.07, 6.45) is 0. The smallest absolute Gasteiger partial charge is 0.258 e. The summed E-state index contributed by atoms with van der Waals surface area (Å²) in [4.78, 5) is 12.1. The van der Waals surface area contributed by atoms with E-state index in [2.05, 4.69) is 16.7 Å². The molecule has 122 valence electrons. The van der Waals surface area contributed by atoms with Gasteiger partial charge in [-0.3, -0.25) is 4.79 Å². The molecule has 0 aromatic heterocycles. The SMILES string of the molecule is N#Cc1cccc(Nc2ccc(NC(=O)c3ccccc3F)cc2)c1. The minimum absolute atomic E-state index is 0.00183. The Morgan fingerprint density at radius 3 is 2.32 bits per heavy atom. The molecule has 0 spiro atoms. The fourth-order valence-corrected chi connectivity index (χ4v) is 2.31. The van der Waals surface area contributed by atoms with Crippen molar-refractivity contribution in [2.75, 3.05) is 10.6 Å². The van der Waals surface area contributed by atoms with Crippen molar-refractivity contribution >= 4 is 23.0 Å². The summed E-state index contributed by atoms with van der Waals surface area (Å²) >= 11 is 0. The van der Waals surface area contributed by atoms with Gasteiger partial charge in [0.1, 0.15) is 5.82 Å². The van der Waals surface area contributed by atoms with Crippen LogP contribution in [0.5, 0.6) is 0 Å². The number of benzene rings is 3. The monoisotopic (exact) mass is 331 g/mol. The Labute approximate surface area is 144 Å². The van der Waals surface area contributed by atoms with Gasteiger partial charge in [-0.1, -0.05) is 18.2 Å². The predicted octanol–water partition coefficient (Wildman–Crippen LogP) is 4.69. The van der Waals surface area contributed by atoms with E-state index < -0.39 is 11.7 Å². The van der Waals surface area contributed by atoms with Gasteiger partial charge >= 0.3 is 0 Å². The van der Waals surface area contributed by atoms with E-state index in [9.17, 15) is 9.18 Å². The van der Waals surface area contributed by atoms with Gasteiger partial charge in [-0.15, -0.1) is 0 Å². The molecule has 1 amide bonds. The van der Waals surface area contributed by atoms with Crippen LogP contribution in [0.25, 0.3) is 0 Å². The van der Waals surface area contributed by atoms with Crippen LogP contribution in [0.2, 0.25) is 0 Å². The van der Waals surface area contributed by atoms with Gasteiger partial charge in [-0.2, -0.15) is 5.26 Å². The molecule has 3 rings (SSSR count). The zero-order valence-electron chi connectivity index (χ0n) is 13.2.